The van der Waals surface area contributed by atoms with Gasteiger partial charge in [0.25, 0.3) is 0 Å². The van der Waals surface area contributed by atoms with Crippen molar-refractivity contribution >= 4 is 46.2 Å². The number of ether oxygens (including phenoxy) is 1. The van der Waals surface area contributed by atoms with Crippen molar-refractivity contribution in [1.29, 1.82) is 0 Å². The van der Waals surface area contributed by atoms with E-state index in [1.165, 1.54) is 0 Å². The van der Waals surface area contributed by atoms with Crippen molar-refractivity contribution in [1.82, 2.24) is 9.97 Å². The minimum absolute atomic E-state index is 0.0362. The summed E-state index contributed by atoms with van der Waals surface area (Å²) in [6.45, 7) is 5.42. The molecule has 0 saturated heterocycles. The largest absolute Gasteiger partial charge is 0.494 e. The first-order valence-electron chi connectivity index (χ1n) is 11.5. The lowest BCUT2D eigenvalue weighted by Gasteiger charge is -2.19. The maximum absolute atomic E-state index is 12.2. The van der Waals surface area contributed by atoms with Crippen molar-refractivity contribution in [2.45, 2.75) is 26.4 Å². The molecule has 0 saturated carbocycles. The zero-order valence-corrected chi connectivity index (χ0v) is 20.1. The zero-order chi connectivity index (χ0) is 25.3. The van der Waals surface area contributed by atoms with Crippen LogP contribution in [0.25, 0.3) is 28.8 Å². The molecule has 1 aliphatic heterocycles. The standard InChI is InChI=1S/C28H25N5O3/c1-28(2,3)36-27(35)30-19-6-9-23-21(16-19)22(26(34)31-23)14-18-4-7-20-24(32-33-25(20)15-18)8-5-17-10-12-29-13-11-17/h4-16,31,34H,1-3H3,(H,30,35). The summed E-state index contributed by atoms with van der Waals surface area (Å²) < 4.78 is 5.33. The second kappa shape index (κ2) is 9.14. The molecule has 0 fully saturated rings. The first-order chi connectivity index (χ1) is 17.2. The number of aromatic nitrogens is 2. The van der Waals surface area contributed by atoms with E-state index in [-0.39, 0.29) is 5.88 Å². The number of H-pyrrole nitrogens is 1. The lowest BCUT2D eigenvalue weighted by molar-refractivity contribution is 0.0636. The Labute approximate surface area is 207 Å². The van der Waals surface area contributed by atoms with Gasteiger partial charge >= 0.3 is 6.09 Å². The summed E-state index contributed by atoms with van der Waals surface area (Å²) in [5.41, 5.74) is 3.87. The fraction of sp³-hybridized carbons (Fsp3) is 0.143. The summed E-state index contributed by atoms with van der Waals surface area (Å²) in [6.07, 6.45) is 8.71. The Bertz CT molecular complexity index is 1640. The van der Waals surface area contributed by atoms with Crippen molar-refractivity contribution < 1.29 is 14.6 Å². The summed E-state index contributed by atoms with van der Waals surface area (Å²) >= 11 is 0. The van der Waals surface area contributed by atoms with Gasteiger partial charge in [0.2, 0.25) is 0 Å². The number of nitrogens with zero attached hydrogens (tertiary/aromatic N) is 3. The number of aromatic amines is 1. The minimum Gasteiger partial charge on any atom is -0.494 e. The van der Waals surface area contributed by atoms with Crippen molar-refractivity contribution in [3.8, 4) is 5.88 Å². The highest BCUT2D eigenvalue weighted by molar-refractivity contribution is 5.96. The Kier molecular flexibility index (Phi) is 5.85. The van der Waals surface area contributed by atoms with Crippen LogP contribution in [0.1, 0.15) is 31.9 Å². The number of pyridine rings is 1. The third kappa shape index (κ3) is 5.02. The molecule has 0 unspecified atom stereocenters. The van der Waals surface area contributed by atoms with Gasteiger partial charge in [-0.3, -0.25) is 10.3 Å². The van der Waals surface area contributed by atoms with Crippen LogP contribution in [0, 0.1) is 0 Å². The zero-order valence-electron chi connectivity index (χ0n) is 20.1. The van der Waals surface area contributed by atoms with Crippen LogP contribution in [0.2, 0.25) is 0 Å². The predicted octanol–water partition coefficient (Wildman–Crippen LogP) is 5.36. The van der Waals surface area contributed by atoms with Crippen LogP contribution in [0.5, 0.6) is 5.88 Å². The fourth-order valence-corrected chi connectivity index (χ4v) is 3.88. The average Bonchev–Trinajstić information content (AvgIpc) is 3.37. The minimum atomic E-state index is -0.601. The quantitative estimate of drug-likeness (QED) is 0.366. The van der Waals surface area contributed by atoms with Crippen LogP contribution >= 0.6 is 0 Å². The molecule has 1 amide bonds. The molecular formula is C28H25N5O3. The number of anilines is 1. The summed E-state index contributed by atoms with van der Waals surface area (Å²) in [5.74, 6) is 0.0362. The summed E-state index contributed by atoms with van der Waals surface area (Å²) in [4.78, 5) is 19.2. The molecular weight excluding hydrogens is 454 g/mol. The lowest BCUT2D eigenvalue weighted by Crippen LogP contribution is -2.27. The van der Waals surface area contributed by atoms with Crippen LogP contribution in [0.4, 0.5) is 16.2 Å². The normalized spacial score (nSPS) is 13.5. The molecule has 3 heterocycles. The highest BCUT2D eigenvalue weighted by atomic mass is 16.6. The van der Waals surface area contributed by atoms with Gasteiger partial charge in [-0.05, 0) is 86.2 Å². The molecule has 180 valence electrons. The van der Waals surface area contributed by atoms with E-state index in [1.807, 2.05) is 48.6 Å². The van der Waals surface area contributed by atoms with Crippen molar-refractivity contribution in [3.63, 3.8) is 0 Å². The van der Waals surface area contributed by atoms with Gasteiger partial charge < -0.3 is 14.8 Å². The van der Waals surface area contributed by atoms with Gasteiger partial charge in [-0.25, -0.2) is 4.79 Å². The van der Waals surface area contributed by atoms with Gasteiger partial charge in [-0.1, -0.05) is 12.1 Å². The number of azo groups is 1. The molecule has 2 aromatic carbocycles. The van der Waals surface area contributed by atoms with Crippen LogP contribution in [-0.2, 0) is 4.74 Å². The highest BCUT2D eigenvalue weighted by Crippen LogP contribution is 2.30. The third-order valence-electron chi connectivity index (χ3n) is 5.48. The molecule has 0 bridgehead atoms. The fourth-order valence-electron chi connectivity index (χ4n) is 3.88. The molecule has 0 aliphatic carbocycles. The van der Waals surface area contributed by atoms with Gasteiger partial charge in [0, 0.05) is 39.8 Å². The van der Waals surface area contributed by atoms with Gasteiger partial charge in [0.1, 0.15) is 5.60 Å². The molecule has 5 rings (SSSR count). The van der Waals surface area contributed by atoms with Crippen LogP contribution in [0.15, 0.2) is 77.2 Å². The van der Waals surface area contributed by atoms with Crippen molar-refractivity contribution in [3.05, 3.63) is 88.6 Å². The number of nitrogens with one attached hydrogen (secondary N) is 2. The van der Waals surface area contributed by atoms with E-state index in [2.05, 4.69) is 25.5 Å². The van der Waals surface area contributed by atoms with E-state index in [4.69, 9.17) is 4.74 Å². The van der Waals surface area contributed by atoms with Crippen LogP contribution < -0.4 is 15.8 Å². The maximum atomic E-state index is 12.2. The van der Waals surface area contributed by atoms with Gasteiger partial charge in [0.15, 0.2) is 5.88 Å². The molecule has 8 heteroatoms. The van der Waals surface area contributed by atoms with Crippen LogP contribution in [0.3, 0.4) is 0 Å². The predicted molar refractivity (Wildman–Crippen MR) is 140 cm³/mol. The Balaban J connectivity index is 1.47. The topological polar surface area (TPSA) is 112 Å². The second-order valence-electron chi connectivity index (χ2n) is 9.39. The number of fused-ring (bicyclic) bond motifs is 2. The number of benzene rings is 2. The average molecular weight is 480 g/mol. The summed E-state index contributed by atoms with van der Waals surface area (Å²) in [5, 5.41) is 24.5. The first kappa shape index (κ1) is 23.0. The molecule has 0 radical (unpaired) electrons. The third-order valence-corrected chi connectivity index (χ3v) is 5.48. The smallest absolute Gasteiger partial charge is 0.412 e. The van der Waals surface area contributed by atoms with E-state index in [0.717, 1.165) is 38.3 Å². The van der Waals surface area contributed by atoms with E-state index in [0.29, 0.717) is 11.3 Å². The Hall–Kier alpha value is -4.72. The van der Waals surface area contributed by atoms with Crippen molar-refractivity contribution in [2.75, 3.05) is 5.32 Å². The molecule has 0 spiro atoms. The Morgan fingerprint density at radius 2 is 1.83 bits per heavy atom. The van der Waals surface area contributed by atoms with E-state index >= 15 is 0 Å². The maximum Gasteiger partial charge on any atom is 0.412 e. The molecule has 0 atom stereocenters. The van der Waals surface area contributed by atoms with Gasteiger partial charge in [-0.15, -0.1) is 10.2 Å². The number of aromatic hydroxyl groups is 1. The SMILES string of the molecule is CC(C)(C)OC(=O)Nc1ccc2[nH]c(O)c(C=c3ccc4c(c3)N=NC=4C=Cc3ccncc3)c2c1. The molecule has 3 N–H and O–H groups in total. The number of carbonyl (C=O) groups excluding carboxylic acids is 1. The first-order valence-corrected chi connectivity index (χ1v) is 11.5. The van der Waals surface area contributed by atoms with E-state index < -0.39 is 11.7 Å². The molecule has 36 heavy (non-hydrogen) atoms. The molecule has 4 aromatic rings. The summed E-state index contributed by atoms with van der Waals surface area (Å²) in [7, 11) is 0. The Morgan fingerprint density at radius 3 is 2.61 bits per heavy atom. The highest BCUT2D eigenvalue weighted by Gasteiger charge is 2.17. The molecule has 1 aliphatic rings. The monoisotopic (exact) mass is 479 g/mol. The number of hydrogen-bond donors (Lipinski definition) is 3. The second-order valence-corrected chi connectivity index (χ2v) is 9.39. The number of carbonyl (C=O) groups is 1. The van der Waals surface area contributed by atoms with E-state index in [9.17, 15) is 9.90 Å². The van der Waals surface area contributed by atoms with E-state index in [1.54, 1.807) is 51.4 Å². The number of rotatable bonds is 4. The molecule has 8 nitrogen and oxygen atoms in total. The number of hydrogen-bond acceptors (Lipinski definition) is 6. The number of amides is 1. The van der Waals surface area contributed by atoms with Gasteiger partial charge in [-0.2, -0.15) is 0 Å². The summed E-state index contributed by atoms with van der Waals surface area (Å²) in [6, 6.07) is 15.0. The van der Waals surface area contributed by atoms with Gasteiger partial charge in [0.05, 0.1) is 11.4 Å². The van der Waals surface area contributed by atoms with Crippen molar-refractivity contribution in [2.24, 2.45) is 10.2 Å². The Morgan fingerprint density at radius 1 is 1.03 bits per heavy atom. The lowest BCUT2D eigenvalue weighted by atomic mass is 10.1. The van der Waals surface area contributed by atoms with Crippen LogP contribution in [-0.4, -0.2) is 26.8 Å². The molecule has 2 aromatic heterocycles.